The summed E-state index contributed by atoms with van der Waals surface area (Å²) in [5.74, 6) is 1.40. The summed E-state index contributed by atoms with van der Waals surface area (Å²) in [6.07, 6.45) is 1.66. The highest BCUT2D eigenvalue weighted by molar-refractivity contribution is 7.13. The van der Waals surface area contributed by atoms with Gasteiger partial charge in [0.15, 0.2) is 5.96 Å². The Morgan fingerprint density at radius 2 is 2.32 bits per heavy atom. The first kappa shape index (κ1) is 16.5. The summed E-state index contributed by atoms with van der Waals surface area (Å²) in [7, 11) is 0. The minimum absolute atomic E-state index is 0.471. The van der Waals surface area contributed by atoms with Crippen molar-refractivity contribution in [2.75, 3.05) is 26.3 Å². The molecule has 22 heavy (non-hydrogen) atoms. The number of nitrogens with zero attached hydrogens (tertiary/aromatic N) is 2. The fourth-order valence-corrected chi connectivity index (χ4v) is 2.44. The van der Waals surface area contributed by atoms with Crippen molar-refractivity contribution in [2.45, 2.75) is 20.4 Å². The van der Waals surface area contributed by atoms with Gasteiger partial charge in [-0.2, -0.15) is 0 Å². The number of hydrogen-bond acceptors (Lipinski definition) is 5. The Morgan fingerprint density at radius 1 is 1.41 bits per heavy atom. The van der Waals surface area contributed by atoms with Gasteiger partial charge in [-0.05, 0) is 25.3 Å². The molecule has 2 aromatic heterocycles. The lowest BCUT2D eigenvalue weighted by molar-refractivity contribution is 0.152. The molecule has 0 radical (unpaired) electrons. The van der Waals surface area contributed by atoms with Gasteiger partial charge in [-0.25, -0.2) is 9.98 Å². The normalized spacial score (nSPS) is 11.6. The van der Waals surface area contributed by atoms with E-state index in [2.05, 4.69) is 20.6 Å². The van der Waals surface area contributed by atoms with Crippen molar-refractivity contribution >= 4 is 17.3 Å². The summed E-state index contributed by atoms with van der Waals surface area (Å²) in [5, 5.41) is 8.41. The summed E-state index contributed by atoms with van der Waals surface area (Å²) in [4.78, 5) is 9.97. The van der Waals surface area contributed by atoms with Crippen molar-refractivity contribution in [2.24, 2.45) is 4.99 Å². The van der Waals surface area contributed by atoms with E-state index in [-0.39, 0.29) is 0 Å². The van der Waals surface area contributed by atoms with Crippen molar-refractivity contribution in [1.82, 2.24) is 15.6 Å². The van der Waals surface area contributed by atoms with E-state index in [9.17, 15) is 0 Å². The zero-order valence-corrected chi connectivity index (χ0v) is 13.8. The van der Waals surface area contributed by atoms with Crippen molar-refractivity contribution < 1.29 is 9.15 Å². The first-order valence-electron chi connectivity index (χ1n) is 7.41. The summed E-state index contributed by atoms with van der Waals surface area (Å²) >= 11 is 1.61. The Hall–Kier alpha value is -1.86. The van der Waals surface area contributed by atoms with Crippen LogP contribution in [0.1, 0.15) is 19.5 Å². The Labute approximate surface area is 134 Å². The van der Waals surface area contributed by atoms with E-state index in [1.54, 1.807) is 17.6 Å². The van der Waals surface area contributed by atoms with E-state index in [0.717, 1.165) is 36.2 Å². The number of guanidine groups is 1. The van der Waals surface area contributed by atoms with Crippen LogP contribution in [0.2, 0.25) is 0 Å². The maximum Gasteiger partial charge on any atom is 0.236 e. The molecule has 0 aliphatic heterocycles. The van der Waals surface area contributed by atoms with Crippen LogP contribution in [0.15, 0.2) is 33.2 Å². The smallest absolute Gasteiger partial charge is 0.236 e. The number of ether oxygens (including phenoxy) is 1. The molecule has 0 saturated carbocycles. The summed E-state index contributed by atoms with van der Waals surface area (Å²) in [5.41, 5.74) is 0.811. The number of thiophene rings is 1. The lowest BCUT2D eigenvalue weighted by Gasteiger charge is -2.10. The Kier molecular flexibility index (Phi) is 6.92. The molecule has 0 aliphatic carbocycles. The van der Waals surface area contributed by atoms with E-state index in [0.29, 0.717) is 19.0 Å². The van der Waals surface area contributed by atoms with E-state index in [4.69, 9.17) is 9.15 Å². The maximum absolute atomic E-state index is 5.48. The van der Waals surface area contributed by atoms with Gasteiger partial charge in [-0.15, -0.1) is 11.3 Å². The molecular formula is C15H22N4O2S. The van der Waals surface area contributed by atoms with Crippen LogP contribution >= 0.6 is 11.3 Å². The van der Waals surface area contributed by atoms with Crippen LogP contribution in [0.25, 0.3) is 10.8 Å². The van der Waals surface area contributed by atoms with Gasteiger partial charge in [-0.3, -0.25) is 0 Å². The highest BCUT2D eigenvalue weighted by Crippen LogP contribution is 2.23. The van der Waals surface area contributed by atoms with Gasteiger partial charge in [0, 0.05) is 19.7 Å². The van der Waals surface area contributed by atoms with Gasteiger partial charge >= 0.3 is 0 Å². The summed E-state index contributed by atoms with van der Waals surface area (Å²) in [6.45, 7) is 7.39. The van der Waals surface area contributed by atoms with Gasteiger partial charge in [0.2, 0.25) is 5.89 Å². The van der Waals surface area contributed by atoms with Gasteiger partial charge in [0.25, 0.3) is 0 Å². The predicted molar refractivity (Wildman–Crippen MR) is 89.1 cm³/mol. The van der Waals surface area contributed by atoms with E-state index < -0.39 is 0 Å². The van der Waals surface area contributed by atoms with E-state index in [1.165, 1.54) is 0 Å². The van der Waals surface area contributed by atoms with Crippen LogP contribution in [-0.4, -0.2) is 37.2 Å². The van der Waals surface area contributed by atoms with Crippen molar-refractivity contribution in [3.63, 3.8) is 0 Å². The van der Waals surface area contributed by atoms with Crippen molar-refractivity contribution in [3.8, 4) is 10.8 Å². The van der Waals surface area contributed by atoms with Crippen LogP contribution in [0.5, 0.6) is 0 Å². The summed E-state index contributed by atoms with van der Waals surface area (Å²) in [6, 6.07) is 3.97. The molecule has 0 bridgehead atoms. The van der Waals surface area contributed by atoms with Crippen LogP contribution in [-0.2, 0) is 11.3 Å². The molecule has 2 aromatic rings. The number of rotatable bonds is 8. The van der Waals surface area contributed by atoms with Crippen LogP contribution in [0, 0.1) is 0 Å². The number of aromatic nitrogens is 1. The lowest BCUT2D eigenvalue weighted by Crippen LogP contribution is -2.39. The van der Waals surface area contributed by atoms with Crippen LogP contribution in [0.4, 0.5) is 0 Å². The van der Waals surface area contributed by atoms with Gasteiger partial charge < -0.3 is 19.8 Å². The first-order valence-corrected chi connectivity index (χ1v) is 8.29. The minimum Gasteiger partial charge on any atom is -0.443 e. The number of nitrogens with one attached hydrogen (secondary N) is 2. The minimum atomic E-state index is 0.471. The van der Waals surface area contributed by atoms with Crippen LogP contribution < -0.4 is 10.6 Å². The predicted octanol–water partition coefficient (Wildman–Crippen LogP) is 2.49. The molecule has 0 saturated heterocycles. The third-order valence-corrected chi connectivity index (χ3v) is 3.63. The topological polar surface area (TPSA) is 71.7 Å². The highest BCUT2D eigenvalue weighted by atomic mass is 32.1. The monoisotopic (exact) mass is 322 g/mol. The first-order chi connectivity index (χ1) is 10.8. The second-order valence-corrected chi connectivity index (χ2v) is 5.39. The highest BCUT2D eigenvalue weighted by Gasteiger charge is 2.07. The SMILES string of the molecule is CCNC(=NCc1coc(-c2cccs2)n1)NCCOCC. The molecule has 120 valence electrons. The molecule has 6 nitrogen and oxygen atoms in total. The molecule has 2 rings (SSSR count). The number of hydrogen-bond donors (Lipinski definition) is 2. The quantitative estimate of drug-likeness (QED) is 0.444. The average Bonchev–Trinajstić information content (AvgIpc) is 3.19. The maximum atomic E-state index is 5.48. The molecule has 0 amide bonds. The molecule has 0 unspecified atom stereocenters. The average molecular weight is 322 g/mol. The van der Waals surface area contributed by atoms with Crippen molar-refractivity contribution in [1.29, 1.82) is 0 Å². The molecule has 7 heteroatoms. The lowest BCUT2D eigenvalue weighted by atomic mass is 10.4. The molecule has 0 aromatic carbocycles. The Bertz CT molecular complexity index is 566. The van der Waals surface area contributed by atoms with Gasteiger partial charge in [-0.1, -0.05) is 6.07 Å². The molecule has 0 spiro atoms. The second-order valence-electron chi connectivity index (χ2n) is 4.44. The van der Waals surface area contributed by atoms with Crippen LogP contribution in [0.3, 0.4) is 0 Å². The van der Waals surface area contributed by atoms with Gasteiger partial charge in [0.1, 0.15) is 12.0 Å². The molecule has 0 aliphatic rings. The zero-order chi connectivity index (χ0) is 15.6. The van der Waals surface area contributed by atoms with E-state index in [1.807, 2.05) is 31.4 Å². The fraction of sp³-hybridized carbons (Fsp3) is 0.467. The second kappa shape index (κ2) is 9.22. The third kappa shape index (κ3) is 5.16. The Balaban J connectivity index is 1.89. The molecular weight excluding hydrogens is 300 g/mol. The number of aliphatic imine (C=N–C) groups is 1. The molecule has 2 heterocycles. The zero-order valence-electron chi connectivity index (χ0n) is 13.0. The molecule has 0 atom stereocenters. The summed E-state index contributed by atoms with van der Waals surface area (Å²) < 4.78 is 10.8. The standard InChI is InChI=1S/C15H22N4O2S/c1-3-16-15(17-7-8-20-4-2)18-10-12-11-21-14(19-12)13-6-5-9-22-13/h5-6,9,11H,3-4,7-8,10H2,1-2H3,(H2,16,17,18). The molecule has 2 N–H and O–H groups in total. The largest absolute Gasteiger partial charge is 0.443 e. The van der Waals surface area contributed by atoms with Gasteiger partial charge in [0.05, 0.1) is 18.0 Å². The Morgan fingerprint density at radius 3 is 3.05 bits per heavy atom. The van der Waals surface area contributed by atoms with E-state index >= 15 is 0 Å². The van der Waals surface area contributed by atoms with Crippen molar-refractivity contribution in [3.05, 3.63) is 29.5 Å². The molecule has 0 fully saturated rings. The number of oxazole rings is 1. The fourth-order valence-electron chi connectivity index (χ4n) is 1.78. The third-order valence-electron chi connectivity index (χ3n) is 2.77.